The maximum atomic E-state index is 12.2. The Bertz CT molecular complexity index is 901. The summed E-state index contributed by atoms with van der Waals surface area (Å²) in [5.41, 5.74) is 7.26. The van der Waals surface area contributed by atoms with E-state index in [0.29, 0.717) is 17.8 Å². The third-order valence-electron chi connectivity index (χ3n) is 3.93. The van der Waals surface area contributed by atoms with Crippen molar-refractivity contribution < 1.29 is 9.59 Å². The van der Waals surface area contributed by atoms with Crippen molar-refractivity contribution in [3.8, 4) is 0 Å². The molecule has 25 heavy (non-hydrogen) atoms. The van der Waals surface area contributed by atoms with Gasteiger partial charge in [-0.3, -0.25) is 4.79 Å². The maximum Gasteiger partial charge on any atom is 0.316 e. The molecule has 0 atom stereocenters. The number of aryl methyl sites for hydroxylation is 1. The van der Waals surface area contributed by atoms with Gasteiger partial charge in [-0.05, 0) is 42.1 Å². The van der Waals surface area contributed by atoms with Gasteiger partial charge in [-0.15, -0.1) is 0 Å². The normalized spacial score (nSPS) is 10.6. The van der Waals surface area contributed by atoms with E-state index in [4.69, 9.17) is 5.73 Å². The number of anilines is 1. The van der Waals surface area contributed by atoms with Gasteiger partial charge in [-0.1, -0.05) is 24.3 Å². The smallest absolute Gasteiger partial charge is 0.316 e. The molecule has 6 heteroatoms. The number of amides is 3. The molecule has 2 aromatic carbocycles. The summed E-state index contributed by atoms with van der Waals surface area (Å²) in [6.07, 6.45) is 2.88. The number of urea groups is 1. The van der Waals surface area contributed by atoms with Crippen molar-refractivity contribution in [3.05, 3.63) is 66.4 Å². The van der Waals surface area contributed by atoms with Crippen molar-refractivity contribution in [2.75, 3.05) is 11.9 Å². The standard InChI is InChI=1S/C19H20N4O2/c20-19(25)22-16-7-3-6-15(13-16)18(24)21-10-4-11-23-12-9-14-5-1-2-8-17(14)23/h1-3,5-9,12-13H,4,10-11H2,(H,21,24)(H3,20,22,25). The average Bonchev–Trinajstić information content (AvgIpc) is 3.01. The van der Waals surface area contributed by atoms with Crippen LogP contribution in [-0.2, 0) is 6.54 Å². The van der Waals surface area contributed by atoms with Crippen LogP contribution in [0.5, 0.6) is 0 Å². The van der Waals surface area contributed by atoms with Crippen molar-refractivity contribution >= 4 is 28.5 Å². The van der Waals surface area contributed by atoms with E-state index in [1.54, 1.807) is 24.3 Å². The van der Waals surface area contributed by atoms with Crippen LogP contribution in [0, 0.1) is 0 Å². The quantitative estimate of drug-likeness (QED) is 0.604. The van der Waals surface area contributed by atoms with Crippen LogP contribution < -0.4 is 16.4 Å². The topological polar surface area (TPSA) is 89.2 Å². The van der Waals surface area contributed by atoms with Gasteiger partial charge in [0.2, 0.25) is 0 Å². The van der Waals surface area contributed by atoms with Crippen LogP contribution in [0.4, 0.5) is 10.5 Å². The second-order valence-electron chi connectivity index (χ2n) is 5.75. The Labute approximate surface area is 145 Å². The molecule has 1 heterocycles. The molecule has 3 rings (SSSR count). The summed E-state index contributed by atoms with van der Waals surface area (Å²) >= 11 is 0. The third-order valence-corrected chi connectivity index (χ3v) is 3.93. The van der Waals surface area contributed by atoms with Gasteiger partial charge >= 0.3 is 6.03 Å². The van der Waals surface area contributed by atoms with Gasteiger partial charge in [0.15, 0.2) is 0 Å². The second-order valence-corrected chi connectivity index (χ2v) is 5.75. The molecule has 0 aliphatic rings. The Morgan fingerprint density at radius 3 is 2.72 bits per heavy atom. The monoisotopic (exact) mass is 336 g/mol. The van der Waals surface area contributed by atoms with E-state index in [-0.39, 0.29) is 5.91 Å². The van der Waals surface area contributed by atoms with Crippen molar-refractivity contribution in [3.63, 3.8) is 0 Å². The highest BCUT2D eigenvalue weighted by Gasteiger charge is 2.06. The Kier molecular flexibility index (Phi) is 4.99. The van der Waals surface area contributed by atoms with Crippen LogP contribution in [0.15, 0.2) is 60.8 Å². The van der Waals surface area contributed by atoms with E-state index in [2.05, 4.69) is 39.6 Å². The van der Waals surface area contributed by atoms with Gasteiger partial charge in [0, 0.05) is 36.1 Å². The first-order valence-electron chi connectivity index (χ1n) is 8.12. The van der Waals surface area contributed by atoms with Crippen LogP contribution >= 0.6 is 0 Å². The molecule has 0 spiro atoms. The van der Waals surface area contributed by atoms with E-state index >= 15 is 0 Å². The number of carbonyl (C=O) groups excluding carboxylic acids is 2. The van der Waals surface area contributed by atoms with Crippen LogP contribution in [-0.4, -0.2) is 23.1 Å². The number of primary amides is 1. The van der Waals surface area contributed by atoms with Gasteiger partial charge in [0.1, 0.15) is 0 Å². The molecule has 0 radical (unpaired) electrons. The Morgan fingerprint density at radius 2 is 1.88 bits per heavy atom. The molecule has 0 fully saturated rings. The molecule has 0 bridgehead atoms. The zero-order valence-corrected chi connectivity index (χ0v) is 13.7. The number of fused-ring (bicyclic) bond motifs is 1. The number of hydrogen-bond donors (Lipinski definition) is 3. The molecule has 4 N–H and O–H groups in total. The fourth-order valence-corrected chi connectivity index (χ4v) is 2.77. The van der Waals surface area contributed by atoms with E-state index in [1.165, 1.54) is 10.9 Å². The fraction of sp³-hybridized carbons (Fsp3) is 0.158. The van der Waals surface area contributed by atoms with Gasteiger partial charge in [0.25, 0.3) is 5.91 Å². The van der Waals surface area contributed by atoms with E-state index in [0.717, 1.165) is 13.0 Å². The fourth-order valence-electron chi connectivity index (χ4n) is 2.77. The molecule has 0 aliphatic carbocycles. The van der Waals surface area contributed by atoms with Crippen LogP contribution in [0.25, 0.3) is 10.9 Å². The third kappa shape index (κ3) is 4.17. The number of nitrogens with one attached hydrogen (secondary N) is 2. The molecule has 0 saturated carbocycles. The molecule has 0 aliphatic heterocycles. The predicted octanol–water partition coefficient (Wildman–Crippen LogP) is 2.95. The lowest BCUT2D eigenvalue weighted by Crippen LogP contribution is -2.25. The SMILES string of the molecule is NC(=O)Nc1cccc(C(=O)NCCCn2ccc3ccccc32)c1. The van der Waals surface area contributed by atoms with Gasteiger partial charge < -0.3 is 20.9 Å². The predicted molar refractivity (Wildman–Crippen MR) is 98.5 cm³/mol. The summed E-state index contributed by atoms with van der Waals surface area (Å²) in [5, 5.41) is 6.57. The Morgan fingerprint density at radius 1 is 1.04 bits per heavy atom. The van der Waals surface area contributed by atoms with E-state index in [1.807, 2.05) is 12.1 Å². The number of nitrogens with two attached hydrogens (primary N) is 1. The summed E-state index contributed by atoms with van der Waals surface area (Å²) in [7, 11) is 0. The molecular formula is C19H20N4O2. The number of benzene rings is 2. The molecule has 3 aromatic rings. The number of para-hydroxylation sites is 1. The van der Waals surface area contributed by atoms with E-state index in [9.17, 15) is 9.59 Å². The highest BCUT2D eigenvalue weighted by molar-refractivity contribution is 5.96. The minimum Gasteiger partial charge on any atom is -0.352 e. The van der Waals surface area contributed by atoms with E-state index < -0.39 is 6.03 Å². The van der Waals surface area contributed by atoms with Crippen molar-refractivity contribution in [1.82, 2.24) is 9.88 Å². The number of carbonyl (C=O) groups is 2. The summed E-state index contributed by atoms with van der Waals surface area (Å²) in [5.74, 6) is -0.175. The summed E-state index contributed by atoms with van der Waals surface area (Å²) < 4.78 is 2.18. The summed E-state index contributed by atoms with van der Waals surface area (Å²) in [4.78, 5) is 23.1. The van der Waals surface area contributed by atoms with Gasteiger partial charge in [-0.25, -0.2) is 4.79 Å². The number of aromatic nitrogens is 1. The lowest BCUT2D eigenvalue weighted by molar-refractivity contribution is 0.0952. The molecule has 3 amide bonds. The zero-order chi connectivity index (χ0) is 17.6. The summed E-state index contributed by atoms with van der Waals surface area (Å²) in [6.45, 7) is 1.40. The van der Waals surface area contributed by atoms with Crippen molar-refractivity contribution in [1.29, 1.82) is 0 Å². The lowest BCUT2D eigenvalue weighted by Gasteiger charge is -2.08. The first-order chi connectivity index (χ1) is 12.1. The molecule has 128 valence electrons. The highest BCUT2D eigenvalue weighted by Crippen LogP contribution is 2.15. The molecule has 0 saturated heterocycles. The minimum absolute atomic E-state index is 0.175. The number of nitrogens with zero attached hydrogens (tertiary/aromatic N) is 1. The van der Waals surface area contributed by atoms with Crippen LogP contribution in [0.1, 0.15) is 16.8 Å². The van der Waals surface area contributed by atoms with Crippen molar-refractivity contribution in [2.24, 2.45) is 5.73 Å². The second kappa shape index (κ2) is 7.53. The molecule has 1 aromatic heterocycles. The highest BCUT2D eigenvalue weighted by atomic mass is 16.2. The first-order valence-corrected chi connectivity index (χ1v) is 8.12. The Hall–Kier alpha value is -3.28. The van der Waals surface area contributed by atoms with Crippen LogP contribution in [0.3, 0.4) is 0 Å². The van der Waals surface area contributed by atoms with Crippen molar-refractivity contribution in [2.45, 2.75) is 13.0 Å². The Balaban J connectivity index is 1.52. The summed E-state index contributed by atoms with van der Waals surface area (Å²) in [6, 6.07) is 16.3. The van der Waals surface area contributed by atoms with Gasteiger partial charge in [-0.2, -0.15) is 0 Å². The minimum atomic E-state index is -0.656. The molecular weight excluding hydrogens is 316 g/mol. The van der Waals surface area contributed by atoms with Gasteiger partial charge in [0.05, 0.1) is 0 Å². The first kappa shape index (κ1) is 16.6. The number of rotatable bonds is 6. The average molecular weight is 336 g/mol. The molecule has 0 unspecified atom stereocenters. The number of hydrogen-bond acceptors (Lipinski definition) is 2. The maximum absolute atomic E-state index is 12.2. The van der Waals surface area contributed by atoms with Crippen LogP contribution in [0.2, 0.25) is 0 Å². The lowest BCUT2D eigenvalue weighted by atomic mass is 10.2. The molecule has 6 nitrogen and oxygen atoms in total. The zero-order valence-electron chi connectivity index (χ0n) is 13.7. The largest absolute Gasteiger partial charge is 0.352 e.